The molecule has 0 aromatic carbocycles. The zero-order chi connectivity index (χ0) is 8.81. The van der Waals surface area contributed by atoms with E-state index in [9.17, 15) is 0 Å². The number of allylic oxidation sites excluding steroid dienone is 1. The molecule has 0 bridgehead atoms. The third-order valence-electron chi connectivity index (χ3n) is 1.37. The van der Waals surface area contributed by atoms with Crippen LogP contribution in [0.15, 0.2) is 24.5 Å². The molecule has 0 saturated carbocycles. The molecule has 0 unspecified atom stereocenters. The summed E-state index contributed by atoms with van der Waals surface area (Å²) in [6.45, 7) is 0. The number of hydrogen-bond donors (Lipinski definition) is 0. The summed E-state index contributed by atoms with van der Waals surface area (Å²) >= 11 is 9.24. The second-order valence-corrected chi connectivity index (χ2v) is 3.48. The second-order valence-electron chi connectivity index (χ2n) is 2.28. The van der Waals surface area contributed by atoms with Gasteiger partial charge in [-0.2, -0.15) is 0 Å². The van der Waals surface area contributed by atoms with Gasteiger partial charge in [-0.1, -0.05) is 39.7 Å². The lowest BCUT2D eigenvalue weighted by Gasteiger charge is -1.94. The molecule has 3 heteroatoms. The van der Waals surface area contributed by atoms with Crippen LogP contribution in [0.3, 0.4) is 0 Å². The fourth-order valence-corrected chi connectivity index (χ4v) is 1.22. The highest BCUT2D eigenvalue weighted by molar-refractivity contribution is 9.09. The van der Waals surface area contributed by atoms with E-state index in [1.54, 1.807) is 18.5 Å². The molecule has 0 saturated heterocycles. The van der Waals surface area contributed by atoms with Crippen LogP contribution < -0.4 is 0 Å². The zero-order valence-electron chi connectivity index (χ0n) is 6.50. The minimum atomic E-state index is 0.746. The average Bonchev–Trinajstić information content (AvgIpc) is 2.09. The molecule has 0 N–H and O–H groups in total. The van der Waals surface area contributed by atoms with Crippen LogP contribution in [0, 0.1) is 0 Å². The average molecular weight is 247 g/mol. The van der Waals surface area contributed by atoms with Crippen molar-refractivity contribution >= 4 is 33.6 Å². The van der Waals surface area contributed by atoms with E-state index < -0.39 is 0 Å². The number of pyridine rings is 1. The number of nitrogens with zero attached hydrogens (tertiary/aromatic N) is 1. The first-order chi connectivity index (χ1) is 5.84. The number of aromatic nitrogens is 1. The highest BCUT2D eigenvalue weighted by atomic mass is 79.9. The molecule has 1 nitrogen and oxygen atoms in total. The van der Waals surface area contributed by atoms with Crippen molar-refractivity contribution in [2.75, 3.05) is 5.33 Å². The van der Waals surface area contributed by atoms with Crippen LogP contribution in [0.25, 0.3) is 6.08 Å². The van der Waals surface area contributed by atoms with Crippen molar-refractivity contribution in [3.8, 4) is 0 Å². The molecule has 0 amide bonds. The Labute approximate surface area is 85.6 Å². The predicted molar refractivity (Wildman–Crippen MR) is 56.7 cm³/mol. The molecule has 0 spiro atoms. The van der Waals surface area contributed by atoms with Gasteiger partial charge in [-0.3, -0.25) is 4.98 Å². The summed E-state index contributed by atoms with van der Waals surface area (Å²) in [5, 5.41) is 1.72. The van der Waals surface area contributed by atoms with Crippen LogP contribution in [0.4, 0.5) is 0 Å². The summed E-state index contributed by atoms with van der Waals surface area (Å²) in [5.41, 5.74) is 0.972. The maximum absolute atomic E-state index is 5.90. The highest BCUT2D eigenvalue weighted by Gasteiger charge is 1.92. The summed E-state index contributed by atoms with van der Waals surface area (Å²) < 4.78 is 0. The lowest BCUT2D eigenvalue weighted by Crippen LogP contribution is -1.77. The molecule has 1 aromatic heterocycles. The van der Waals surface area contributed by atoms with Crippen LogP contribution in [0.1, 0.15) is 12.0 Å². The molecule has 1 aromatic rings. The quantitative estimate of drug-likeness (QED) is 0.744. The van der Waals surface area contributed by atoms with Gasteiger partial charge in [0.15, 0.2) is 0 Å². The van der Waals surface area contributed by atoms with Crippen molar-refractivity contribution in [1.29, 1.82) is 0 Å². The maximum atomic E-state index is 5.90. The maximum Gasteiger partial charge on any atom is 0.0509 e. The molecule has 0 atom stereocenters. The van der Waals surface area contributed by atoms with Gasteiger partial charge < -0.3 is 0 Å². The Morgan fingerprint density at radius 3 is 3.08 bits per heavy atom. The molecular weight excluding hydrogens is 237 g/mol. The van der Waals surface area contributed by atoms with Gasteiger partial charge in [0, 0.05) is 23.3 Å². The Bertz CT molecular complexity index is 273. The van der Waals surface area contributed by atoms with Crippen molar-refractivity contribution in [1.82, 2.24) is 4.98 Å². The van der Waals surface area contributed by atoms with Gasteiger partial charge in [-0.25, -0.2) is 0 Å². The van der Waals surface area contributed by atoms with Gasteiger partial charge in [0.1, 0.15) is 0 Å². The molecule has 12 heavy (non-hydrogen) atoms. The highest BCUT2D eigenvalue weighted by Crippen LogP contribution is 2.14. The number of alkyl halides is 1. The third-order valence-corrected chi connectivity index (χ3v) is 2.17. The summed E-state index contributed by atoms with van der Waals surface area (Å²) in [5.74, 6) is 0. The van der Waals surface area contributed by atoms with Gasteiger partial charge >= 0.3 is 0 Å². The SMILES string of the molecule is Clc1ccncc1C=CCCBr. The van der Waals surface area contributed by atoms with Crippen LogP contribution in [0.5, 0.6) is 0 Å². The molecule has 1 heterocycles. The van der Waals surface area contributed by atoms with Crippen LogP contribution >= 0.6 is 27.5 Å². The standard InChI is InChI=1S/C9H9BrClN/c10-5-2-1-3-8-7-12-6-4-9(8)11/h1,3-4,6-7H,2,5H2. The molecule has 0 aliphatic carbocycles. The minimum Gasteiger partial charge on any atom is -0.264 e. The monoisotopic (exact) mass is 245 g/mol. The Morgan fingerprint density at radius 2 is 2.42 bits per heavy atom. The normalized spacial score (nSPS) is 10.8. The van der Waals surface area contributed by atoms with Gasteiger partial charge in [0.05, 0.1) is 5.02 Å². The van der Waals surface area contributed by atoms with Gasteiger partial charge in [0.25, 0.3) is 0 Å². The Hall–Kier alpha value is -0.340. The van der Waals surface area contributed by atoms with Gasteiger partial charge in [-0.05, 0) is 12.5 Å². The molecule has 0 aliphatic heterocycles. The summed E-state index contributed by atoms with van der Waals surface area (Å²) in [4.78, 5) is 3.98. The number of hydrogen-bond acceptors (Lipinski definition) is 1. The van der Waals surface area contributed by atoms with E-state index in [1.807, 2.05) is 6.08 Å². The molecule has 0 aliphatic rings. The second kappa shape index (κ2) is 5.33. The van der Waals surface area contributed by atoms with E-state index in [-0.39, 0.29) is 0 Å². The summed E-state index contributed by atoms with van der Waals surface area (Å²) in [7, 11) is 0. The van der Waals surface area contributed by atoms with E-state index in [0.29, 0.717) is 0 Å². The van der Waals surface area contributed by atoms with E-state index in [2.05, 4.69) is 27.0 Å². The fraction of sp³-hybridized carbons (Fsp3) is 0.222. The van der Waals surface area contributed by atoms with Crippen molar-refractivity contribution in [2.45, 2.75) is 6.42 Å². The molecule has 0 fully saturated rings. The topological polar surface area (TPSA) is 12.9 Å². The van der Waals surface area contributed by atoms with E-state index in [1.165, 1.54) is 0 Å². The zero-order valence-corrected chi connectivity index (χ0v) is 8.85. The summed E-state index contributed by atoms with van der Waals surface area (Å²) in [6, 6.07) is 1.79. The first-order valence-corrected chi connectivity index (χ1v) is 5.16. The Morgan fingerprint density at radius 1 is 1.58 bits per heavy atom. The van der Waals surface area contributed by atoms with Crippen LogP contribution in [0.2, 0.25) is 5.02 Å². The predicted octanol–water partition coefficient (Wildman–Crippen LogP) is 3.53. The first kappa shape index (κ1) is 9.75. The number of rotatable bonds is 3. The van der Waals surface area contributed by atoms with Crippen molar-refractivity contribution < 1.29 is 0 Å². The Kier molecular flexibility index (Phi) is 4.33. The van der Waals surface area contributed by atoms with E-state index in [4.69, 9.17) is 11.6 Å². The Balaban J connectivity index is 2.68. The largest absolute Gasteiger partial charge is 0.264 e. The smallest absolute Gasteiger partial charge is 0.0509 e. The molecule has 0 radical (unpaired) electrons. The number of halogens is 2. The molecule has 1 rings (SSSR count). The lowest BCUT2D eigenvalue weighted by atomic mass is 10.2. The van der Waals surface area contributed by atoms with Crippen LogP contribution in [-0.2, 0) is 0 Å². The van der Waals surface area contributed by atoms with Gasteiger partial charge in [-0.15, -0.1) is 0 Å². The molecular formula is C9H9BrClN. The lowest BCUT2D eigenvalue weighted by molar-refractivity contribution is 1.26. The minimum absolute atomic E-state index is 0.746. The van der Waals surface area contributed by atoms with Crippen LogP contribution in [-0.4, -0.2) is 10.3 Å². The van der Waals surface area contributed by atoms with Crippen molar-refractivity contribution in [3.63, 3.8) is 0 Å². The molecule has 64 valence electrons. The fourth-order valence-electron chi connectivity index (χ4n) is 0.786. The summed E-state index contributed by atoms with van der Waals surface area (Å²) in [6.07, 6.45) is 8.50. The van der Waals surface area contributed by atoms with Crippen molar-refractivity contribution in [3.05, 3.63) is 35.1 Å². The first-order valence-electron chi connectivity index (χ1n) is 3.66. The van der Waals surface area contributed by atoms with Gasteiger partial charge in [0.2, 0.25) is 0 Å². The van der Waals surface area contributed by atoms with E-state index in [0.717, 1.165) is 22.3 Å². The van der Waals surface area contributed by atoms with E-state index >= 15 is 0 Å². The van der Waals surface area contributed by atoms with Crippen molar-refractivity contribution in [2.24, 2.45) is 0 Å². The third kappa shape index (κ3) is 2.95.